The first-order valence-corrected chi connectivity index (χ1v) is 4.03. The Bertz CT molecular complexity index is 394. The van der Waals surface area contributed by atoms with Crippen molar-refractivity contribution in [2.45, 2.75) is 6.92 Å². The summed E-state index contributed by atoms with van der Waals surface area (Å²) in [5, 5.41) is 11.5. The second-order valence-electron chi connectivity index (χ2n) is 2.78. The Kier molecular flexibility index (Phi) is 3.02. The highest BCUT2D eigenvalue weighted by Crippen LogP contribution is 2.14. The lowest BCUT2D eigenvalue weighted by Crippen LogP contribution is -2.22. The zero-order chi connectivity index (χ0) is 10.6. The molecular weight excluding hydrogens is 180 g/mol. The van der Waals surface area contributed by atoms with Gasteiger partial charge in [-0.25, -0.2) is 4.98 Å². The van der Waals surface area contributed by atoms with Crippen LogP contribution in [0.3, 0.4) is 0 Å². The van der Waals surface area contributed by atoms with Gasteiger partial charge in [0, 0.05) is 6.20 Å². The summed E-state index contributed by atoms with van der Waals surface area (Å²) in [6, 6.07) is 3.74. The maximum absolute atomic E-state index is 10.5. The second kappa shape index (κ2) is 4.23. The molecule has 0 spiro atoms. The molecule has 3 N–H and O–H groups in total. The smallest absolute Gasteiger partial charge is 0.236 e. The highest BCUT2D eigenvalue weighted by molar-refractivity contribution is 5.79. The third-order valence-corrected chi connectivity index (χ3v) is 1.70. The number of aromatic nitrogens is 1. The van der Waals surface area contributed by atoms with Gasteiger partial charge in [-0.1, -0.05) is 0 Å². The fourth-order valence-electron chi connectivity index (χ4n) is 1.00. The fourth-order valence-corrected chi connectivity index (χ4v) is 1.00. The number of aryl methyl sites for hydroxylation is 1. The van der Waals surface area contributed by atoms with E-state index >= 15 is 0 Å². The number of nitrogens with one attached hydrogen (secondary N) is 1. The summed E-state index contributed by atoms with van der Waals surface area (Å²) in [6.45, 7) is 1.78. The van der Waals surface area contributed by atoms with Crippen molar-refractivity contribution in [1.82, 2.24) is 4.98 Å². The SMILES string of the molecule is Cc1ccnc(NCC(N)=O)c1C#N. The predicted octanol–water partition coefficient (Wildman–Crippen LogP) is 0.159. The maximum atomic E-state index is 10.5. The first-order chi connectivity index (χ1) is 6.65. The van der Waals surface area contributed by atoms with Gasteiger partial charge in [0.1, 0.15) is 11.9 Å². The summed E-state index contributed by atoms with van der Waals surface area (Å²) < 4.78 is 0. The zero-order valence-electron chi connectivity index (χ0n) is 7.74. The number of anilines is 1. The molecule has 0 bridgehead atoms. The molecule has 1 aromatic heterocycles. The number of hydrogen-bond donors (Lipinski definition) is 2. The maximum Gasteiger partial charge on any atom is 0.236 e. The number of primary amides is 1. The van der Waals surface area contributed by atoms with Crippen LogP contribution in [0, 0.1) is 18.3 Å². The van der Waals surface area contributed by atoms with E-state index < -0.39 is 5.91 Å². The van der Waals surface area contributed by atoms with Gasteiger partial charge in [0.2, 0.25) is 5.91 Å². The summed E-state index contributed by atoms with van der Waals surface area (Å²) in [7, 11) is 0. The molecule has 1 aromatic rings. The van der Waals surface area contributed by atoms with E-state index in [9.17, 15) is 4.79 Å². The van der Waals surface area contributed by atoms with Crippen molar-refractivity contribution in [1.29, 1.82) is 5.26 Å². The fraction of sp³-hybridized carbons (Fsp3) is 0.222. The van der Waals surface area contributed by atoms with Crippen molar-refractivity contribution >= 4 is 11.7 Å². The Labute approximate surface area is 81.6 Å². The lowest BCUT2D eigenvalue weighted by molar-refractivity contribution is -0.116. The van der Waals surface area contributed by atoms with Crippen LogP contribution < -0.4 is 11.1 Å². The molecule has 0 unspecified atom stereocenters. The van der Waals surface area contributed by atoms with Gasteiger partial charge in [-0.2, -0.15) is 5.26 Å². The van der Waals surface area contributed by atoms with Crippen molar-refractivity contribution in [3.8, 4) is 6.07 Å². The molecule has 5 heteroatoms. The quantitative estimate of drug-likeness (QED) is 0.710. The van der Waals surface area contributed by atoms with Gasteiger partial charge in [0.25, 0.3) is 0 Å². The Morgan fingerprint density at radius 3 is 3.07 bits per heavy atom. The van der Waals surface area contributed by atoms with E-state index in [4.69, 9.17) is 11.0 Å². The van der Waals surface area contributed by atoms with Crippen LogP contribution in [-0.2, 0) is 4.79 Å². The molecular formula is C9H10N4O. The molecule has 14 heavy (non-hydrogen) atoms. The summed E-state index contributed by atoms with van der Waals surface area (Å²) in [5.74, 6) is -0.0940. The number of nitriles is 1. The van der Waals surface area contributed by atoms with Gasteiger partial charge in [-0.15, -0.1) is 0 Å². The number of rotatable bonds is 3. The van der Waals surface area contributed by atoms with Crippen molar-refractivity contribution in [3.05, 3.63) is 23.4 Å². The molecule has 1 rings (SSSR count). The normalized spacial score (nSPS) is 9.14. The van der Waals surface area contributed by atoms with Crippen LogP contribution in [0.5, 0.6) is 0 Å². The lowest BCUT2D eigenvalue weighted by atomic mass is 10.1. The van der Waals surface area contributed by atoms with Crippen LogP contribution in [0.25, 0.3) is 0 Å². The molecule has 0 atom stereocenters. The average molecular weight is 190 g/mol. The average Bonchev–Trinajstić information content (AvgIpc) is 2.14. The second-order valence-corrected chi connectivity index (χ2v) is 2.78. The molecule has 0 saturated carbocycles. The molecule has 1 heterocycles. The van der Waals surface area contributed by atoms with Crippen molar-refractivity contribution in [3.63, 3.8) is 0 Å². The van der Waals surface area contributed by atoms with Crippen LogP contribution in [0.15, 0.2) is 12.3 Å². The summed E-state index contributed by atoms with van der Waals surface area (Å²) in [4.78, 5) is 14.4. The topological polar surface area (TPSA) is 91.8 Å². The van der Waals surface area contributed by atoms with Gasteiger partial charge in [0.05, 0.1) is 12.1 Å². The highest BCUT2D eigenvalue weighted by atomic mass is 16.1. The van der Waals surface area contributed by atoms with Crippen molar-refractivity contribution in [2.75, 3.05) is 11.9 Å². The van der Waals surface area contributed by atoms with Crippen LogP contribution in [0.4, 0.5) is 5.82 Å². The van der Waals surface area contributed by atoms with E-state index in [2.05, 4.69) is 10.3 Å². The minimum absolute atomic E-state index is 0.0227. The van der Waals surface area contributed by atoms with E-state index in [1.165, 1.54) is 0 Å². The minimum Gasteiger partial charge on any atom is -0.368 e. The summed E-state index contributed by atoms with van der Waals surface area (Å²) in [5.41, 5.74) is 6.21. The highest BCUT2D eigenvalue weighted by Gasteiger charge is 2.06. The molecule has 0 aliphatic heterocycles. The lowest BCUT2D eigenvalue weighted by Gasteiger charge is -2.05. The van der Waals surface area contributed by atoms with Crippen LogP contribution in [0.1, 0.15) is 11.1 Å². The van der Waals surface area contributed by atoms with Crippen LogP contribution >= 0.6 is 0 Å². The number of nitrogens with zero attached hydrogens (tertiary/aromatic N) is 2. The van der Waals surface area contributed by atoms with Crippen LogP contribution in [-0.4, -0.2) is 17.4 Å². The monoisotopic (exact) mass is 190 g/mol. The third kappa shape index (κ3) is 2.20. The standard InChI is InChI=1S/C9H10N4O/c1-6-2-3-12-9(7(6)4-10)13-5-8(11)14/h2-3H,5H2,1H3,(H2,11,14)(H,12,13). The summed E-state index contributed by atoms with van der Waals surface area (Å²) >= 11 is 0. The van der Waals surface area contributed by atoms with Crippen molar-refractivity contribution < 1.29 is 4.79 Å². The first-order valence-electron chi connectivity index (χ1n) is 4.03. The Morgan fingerprint density at radius 1 is 1.79 bits per heavy atom. The molecule has 72 valence electrons. The van der Waals surface area contributed by atoms with Gasteiger partial charge in [0.15, 0.2) is 0 Å². The van der Waals surface area contributed by atoms with E-state index in [-0.39, 0.29) is 6.54 Å². The molecule has 5 nitrogen and oxygen atoms in total. The Balaban J connectivity index is 2.92. The molecule has 0 radical (unpaired) electrons. The predicted molar refractivity (Wildman–Crippen MR) is 51.4 cm³/mol. The molecule has 0 aliphatic rings. The minimum atomic E-state index is -0.489. The van der Waals surface area contributed by atoms with Crippen LogP contribution in [0.2, 0.25) is 0 Å². The van der Waals surface area contributed by atoms with E-state index in [0.717, 1.165) is 5.56 Å². The number of nitrogens with two attached hydrogens (primary N) is 1. The first kappa shape index (κ1) is 9.99. The largest absolute Gasteiger partial charge is 0.368 e. The Hall–Kier alpha value is -2.09. The van der Waals surface area contributed by atoms with E-state index in [1.807, 2.05) is 6.07 Å². The summed E-state index contributed by atoms with van der Waals surface area (Å²) in [6.07, 6.45) is 1.57. The molecule has 0 aromatic carbocycles. The van der Waals surface area contributed by atoms with Gasteiger partial charge < -0.3 is 11.1 Å². The zero-order valence-corrected chi connectivity index (χ0v) is 7.74. The van der Waals surface area contributed by atoms with Gasteiger partial charge in [-0.3, -0.25) is 4.79 Å². The number of carbonyl (C=O) groups excluding carboxylic acids is 1. The molecule has 0 aliphatic carbocycles. The number of hydrogen-bond acceptors (Lipinski definition) is 4. The van der Waals surface area contributed by atoms with E-state index in [1.54, 1.807) is 19.2 Å². The third-order valence-electron chi connectivity index (χ3n) is 1.70. The number of amides is 1. The van der Waals surface area contributed by atoms with Crippen molar-refractivity contribution in [2.24, 2.45) is 5.73 Å². The Morgan fingerprint density at radius 2 is 2.50 bits per heavy atom. The number of carbonyl (C=O) groups is 1. The van der Waals surface area contributed by atoms with Gasteiger partial charge in [-0.05, 0) is 18.6 Å². The molecule has 0 saturated heterocycles. The molecule has 1 amide bonds. The van der Waals surface area contributed by atoms with Gasteiger partial charge >= 0.3 is 0 Å². The molecule has 0 fully saturated rings. The van der Waals surface area contributed by atoms with E-state index in [0.29, 0.717) is 11.4 Å². The number of pyridine rings is 1.